The third-order valence-corrected chi connectivity index (χ3v) is 4.90. The molecule has 0 radical (unpaired) electrons. The average Bonchev–Trinajstić information content (AvgIpc) is 2.70. The molecule has 7 heteroatoms. The predicted molar refractivity (Wildman–Crippen MR) is 107 cm³/mol. The van der Waals surface area contributed by atoms with E-state index in [0.29, 0.717) is 25.9 Å². The van der Waals surface area contributed by atoms with Gasteiger partial charge in [-0.2, -0.15) is 0 Å². The van der Waals surface area contributed by atoms with Crippen molar-refractivity contribution < 1.29 is 19.1 Å². The first-order chi connectivity index (χ1) is 13.4. The number of amides is 3. The van der Waals surface area contributed by atoms with Gasteiger partial charge in [0.15, 0.2) is 0 Å². The van der Waals surface area contributed by atoms with Crippen LogP contribution in [0.1, 0.15) is 38.2 Å². The van der Waals surface area contributed by atoms with Crippen LogP contribution in [0.15, 0.2) is 30.3 Å². The van der Waals surface area contributed by atoms with Crippen molar-refractivity contribution in [3.8, 4) is 5.75 Å². The van der Waals surface area contributed by atoms with Crippen LogP contribution in [0.4, 0.5) is 0 Å². The number of ether oxygens (including phenoxy) is 1. The number of hydrogen-bond donors (Lipinski definition) is 2. The largest absolute Gasteiger partial charge is 0.497 e. The van der Waals surface area contributed by atoms with Crippen LogP contribution in [0.5, 0.6) is 5.75 Å². The summed E-state index contributed by atoms with van der Waals surface area (Å²) < 4.78 is 5.10. The van der Waals surface area contributed by atoms with Crippen molar-refractivity contribution in [1.82, 2.24) is 10.2 Å². The predicted octanol–water partition coefficient (Wildman–Crippen LogP) is 1.72. The Hall–Kier alpha value is -2.83. The summed E-state index contributed by atoms with van der Waals surface area (Å²) >= 11 is 0. The van der Waals surface area contributed by atoms with Crippen molar-refractivity contribution in [3.63, 3.8) is 0 Å². The van der Waals surface area contributed by atoms with Crippen molar-refractivity contribution in [3.05, 3.63) is 35.9 Å². The number of likely N-dealkylation sites (tertiary alicyclic amines) is 1. The van der Waals surface area contributed by atoms with Crippen molar-refractivity contribution >= 4 is 23.8 Å². The normalized spacial score (nSPS) is 17.9. The lowest BCUT2D eigenvalue weighted by Gasteiger charge is -2.34. The Balaban J connectivity index is 1.83. The van der Waals surface area contributed by atoms with Crippen LogP contribution in [0.3, 0.4) is 0 Å². The van der Waals surface area contributed by atoms with E-state index in [-0.39, 0.29) is 23.6 Å². The Bertz CT molecular complexity index is 715. The Labute approximate surface area is 165 Å². The molecule has 2 atom stereocenters. The fraction of sp³-hybridized carbons (Fsp3) is 0.476. The third-order valence-electron chi connectivity index (χ3n) is 4.90. The maximum atomic E-state index is 12.6. The number of piperidine rings is 1. The second-order valence-electron chi connectivity index (χ2n) is 7.13. The number of nitrogens with two attached hydrogens (primary N) is 1. The van der Waals surface area contributed by atoms with E-state index in [2.05, 4.69) is 5.32 Å². The molecule has 7 nitrogen and oxygen atoms in total. The fourth-order valence-corrected chi connectivity index (χ4v) is 3.33. The number of nitrogens with zero attached hydrogens (tertiary/aromatic N) is 1. The number of hydrogen-bond acceptors (Lipinski definition) is 4. The fourth-order valence-electron chi connectivity index (χ4n) is 3.33. The van der Waals surface area contributed by atoms with E-state index >= 15 is 0 Å². The SMILES string of the molecule is COc1ccc(/C=C/C(=O)NC(C)C(=O)N2CCCC(CCC(N)=O)C2)cc1. The van der Waals surface area contributed by atoms with Gasteiger partial charge in [-0.05, 0) is 55.9 Å². The smallest absolute Gasteiger partial charge is 0.244 e. The molecule has 1 aromatic rings. The molecular weight excluding hydrogens is 358 g/mol. The van der Waals surface area contributed by atoms with Crippen LogP contribution in [0, 0.1) is 5.92 Å². The topological polar surface area (TPSA) is 102 Å². The first-order valence-corrected chi connectivity index (χ1v) is 9.58. The molecule has 0 aromatic heterocycles. The lowest BCUT2D eigenvalue weighted by molar-refractivity contribution is -0.136. The summed E-state index contributed by atoms with van der Waals surface area (Å²) in [6.07, 6.45) is 6.03. The van der Waals surface area contributed by atoms with Gasteiger partial charge in [-0.25, -0.2) is 0 Å². The van der Waals surface area contributed by atoms with Crippen LogP contribution >= 0.6 is 0 Å². The third kappa shape index (κ3) is 6.72. The summed E-state index contributed by atoms with van der Waals surface area (Å²) in [6, 6.07) is 6.71. The molecule has 3 N–H and O–H groups in total. The van der Waals surface area contributed by atoms with Gasteiger partial charge < -0.3 is 20.7 Å². The molecule has 0 bridgehead atoms. The van der Waals surface area contributed by atoms with E-state index < -0.39 is 6.04 Å². The molecule has 28 heavy (non-hydrogen) atoms. The van der Waals surface area contributed by atoms with Gasteiger partial charge in [0.25, 0.3) is 0 Å². The van der Waals surface area contributed by atoms with E-state index in [0.717, 1.165) is 24.2 Å². The Morgan fingerprint density at radius 3 is 2.68 bits per heavy atom. The number of methoxy groups -OCH3 is 1. The van der Waals surface area contributed by atoms with Gasteiger partial charge in [0.05, 0.1) is 7.11 Å². The molecule has 3 amide bonds. The first-order valence-electron chi connectivity index (χ1n) is 9.58. The number of carbonyl (C=O) groups is 3. The van der Waals surface area contributed by atoms with E-state index in [1.54, 1.807) is 25.0 Å². The summed E-state index contributed by atoms with van der Waals surface area (Å²) in [5.74, 6) is 0.293. The number of rotatable bonds is 8. The second kappa shape index (κ2) is 10.5. The highest BCUT2D eigenvalue weighted by molar-refractivity contribution is 5.95. The molecule has 1 aliphatic heterocycles. The van der Waals surface area contributed by atoms with E-state index in [4.69, 9.17) is 10.5 Å². The van der Waals surface area contributed by atoms with Gasteiger partial charge >= 0.3 is 0 Å². The standard InChI is InChI=1S/C21H29N3O4/c1-15(21(27)24-13-3-4-17(14-24)7-11-19(22)25)23-20(26)12-8-16-5-9-18(28-2)10-6-16/h5-6,8-10,12,15,17H,3-4,7,11,13-14H2,1-2H3,(H2,22,25)(H,23,26)/b12-8+. The lowest BCUT2D eigenvalue weighted by atomic mass is 9.93. The molecule has 0 spiro atoms. The Morgan fingerprint density at radius 2 is 2.04 bits per heavy atom. The van der Waals surface area contributed by atoms with Crippen LogP contribution < -0.4 is 15.8 Å². The average molecular weight is 387 g/mol. The minimum absolute atomic E-state index is 0.102. The zero-order valence-electron chi connectivity index (χ0n) is 16.5. The number of benzene rings is 1. The number of primary amides is 1. The van der Waals surface area contributed by atoms with Crippen molar-refractivity contribution in [2.75, 3.05) is 20.2 Å². The van der Waals surface area contributed by atoms with Crippen molar-refractivity contribution in [2.45, 2.75) is 38.6 Å². The highest BCUT2D eigenvalue weighted by Gasteiger charge is 2.27. The molecule has 2 unspecified atom stereocenters. The number of carbonyl (C=O) groups excluding carboxylic acids is 3. The van der Waals surface area contributed by atoms with Gasteiger partial charge in [-0.3, -0.25) is 14.4 Å². The zero-order chi connectivity index (χ0) is 20.5. The summed E-state index contributed by atoms with van der Waals surface area (Å²) in [6.45, 7) is 2.97. The minimum Gasteiger partial charge on any atom is -0.497 e. The molecule has 1 fully saturated rings. The van der Waals surface area contributed by atoms with E-state index in [1.807, 2.05) is 24.3 Å². The van der Waals surface area contributed by atoms with Crippen LogP contribution in [-0.2, 0) is 14.4 Å². The molecule has 152 valence electrons. The van der Waals surface area contributed by atoms with Crippen LogP contribution in [0.25, 0.3) is 6.08 Å². The molecule has 1 saturated heterocycles. The monoisotopic (exact) mass is 387 g/mol. The number of nitrogens with one attached hydrogen (secondary N) is 1. The molecule has 2 rings (SSSR count). The van der Waals surface area contributed by atoms with Gasteiger partial charge in [0.1, 0.15) is 11.8 Å². The van der Waals surface area contributed by atoms with Gasteiger partial charge in [0.2, 0.25) is 17.7 Å². The van der Waals surface area contributed by atoms with Gasteiger partial charge in [-0.15, -0.1) is 0 Å². The maximum absolute atomic E-state index is 12.6. The maximum Gasteiger partial charge on any atom is 0.244 e. The van der Waals surface area contributed by atoms with Crippen LogP contribution in [0.2, 0.25) is 0 Å². The molecule has 0 aliphatic carbocycles. The first kappa shape index (κ1) is 21.5. The van der Waals surface area contributed by atoms with E-state index in [9.17, 15) is 14.4 Å². The van der Waals surface area contributed by atoms with Gasteiger partial charge in [-0.1, -0.05) is 12.1 Å². The van der Waals surface area contributed by atoms with Crippen LogP contribution in [-0.4, -0.2) is 48.9 Å². The van der Waals surface area contributed by atoms with Crippen molar-refractivity contribution in [1.29, 1.82) is 0 Å². The summed E-state index contributed by atoms with van der Waals surface area (Å²) in [7, 11) is 1.60. The summed E-state index contributed by atoms with van der Waals surface area (Å²) in [5, 5.41) is 2.72. The Morgan fingerprint density at radius 1 is 1.32 bits per heavy atom. The van der Waals surface area contributed by atoms with E-state index in [1.165, 1.54) is 6.08 Å². The molecule has 1 heterocycles. The zero-order valence-corrected chi connectivity index (χ0v) is 16.5. The minimum atomic E-state index is -0.608. The Kier molecular flexibility index (Phi) is 8.04. The summed E-state index contributed by atoms with van der Waals surface area (Å²) in [5.41, 5.74) is 6.08. The molecular formula is C21H29N3O4. The second-order valence-corrected chi connectivity index (χ2v) is 7.13. The summed E-state index contributed by atoms with van der Waals surface area (Å²) in [4.78, 5) is 37.5. The molecule has 0 saturated carbocycles. The quantitative estimate of drug-likeness (QED) is 0.663. The molecule has 1 aliphatic rings. The highest BCUT2D eigenvalue weighted by Crippen LogP contribution is 2.21. The highest BCUT2D eigenvalue weighted by atomic mass is 16.5. The van der Waals surface area contributed by atoms with Gasteiger partial charge in [0, 0.05) is 25.6 Å². The lowest BCUT2D eigenvalue weighted by Crippen LogP contribution is -2.49. The van der Waals surface area contributed by atoms with Crippen molar-refractivity contribution in [2.24, 2.45) is 11.7 Å². The molecule has 1 aromatic carbocycles.